The van der Waals surface area contributed by atoms with E-state index in [1.54, 1.807) is 42.2 Å². The highest BCUT2D eigenvalue weighted by Crippen LogP contribution is 2.29. The summed E-state index contributed by atoms with van der Waals surface area (Å²) in [6, 6.07) is 11.4. The molecule has 0 saturated heterocycles. The summed E-state index contributed by atoms with van der Waals surface area (Å²) < 4.78 is 42.0. The number of carbonyl (C=O) groups is 1. The number of alkyl halides is 3. The van der Waals surface area contributed by atoms with E-state index in [4.69, 9.17) is 5.26 Å². The first-order chi connectivity index (χ1) is 16.2. The highest BCUT2D eigenvalue weighted by atomic mass is 32.1. The lowest BCUT2D eigenvalue weighted by Crippen LogP contribution is -2.34. The second-order valence-electron chi connectivity index (χ2n) is 7.74. The van der Waals surface area contributed by atoms with Gasteiger partial charge in [0, 0.05) is 35.8 Å². The van der Waals surface area contributed by atoms with E-state index in [2.05, 4.69) is 16.4 Å². The first-order valence-electron chi connectivity index (χ1n) is 10.9. The predicted molar refractivity (Wildman–Crippen MR) is 128 cm³/mol. The first kappa shape index (κ1) is 25.2. The van der Waals surface area contributed by atoms with Crippen molar-refractivity contribution in [2.75, 3.05) is 13.1 Å². The molecule has 1 aliphatic heterocycles. The van der Waals surface area contributed by atoms with Crippen LogP contribution in [0.1, 0.15) is 34.7 Å². The number of benzene rings is 1. The number of rotatable bonds is 7. The SMILES string of the molecule is CCN/C=C(\C(=N/C(C)/C=C/C(=O)N1CCc2cc(C#N)sc2C1)C(F)(F)F)c1ccccc1. The number of nitrogens with one attached hydrogen (secondary N) is 1. The molecular formula is C25H25F3N4OS. The van der Waals surface area contributed by atoms with Crippen LogP contribution in [0.3, 0.4) is 0 Å². The number of aliphatic imine (C=N–C) groups is 1. The molecule has 178 valence electrons. The fraction of sp³-hybridized carbons (Fsp3) is 0.320. The van der Waals surface area contributed by atoms with Gasteiger partial charge >= 0.3 is 6.18 Å². The van der Waals surface area contributed by atoms with Crippen LogP contribution in [0.25, 0.3) is 5.57 Å². The van der Waals surface area contributed by atoms with Gasteiger partial charge in [-0.15, -0.1) is 11.3 Å². The molecular weight excluding hydrogens is 461 g/mol. The van der Waals surface area contributed by atoms with Crippen molar-refractivity contribution >= 4 is 28.5 Å². The lowest BCUT2D eigenvalue weighted by Gasteiger charge is -2.25. The predicted octanol–water partition coefficient (Wildman–Crippen LogP) is 5.10. The summed E-state index contributed by atoms with van der Waals surface area (Å²) in [4.78, 5) is 19.8. The topological polar surface area (TPSA) is 68.5 Å². The summed E-state index contributed by atoms with van der Waals surface area (Å²) in [5.74, 6) is -0.292. The number of nitrogens with zero attached hydrogens (tertiary/aromatic N) is 3. The van der Waals surface area contributed by atoms with Crippen LogP contribution in [0, 0.1) is 11.3 Å². The number of hydrogen-bond acceptors (Lipinski definition) is 5. The fourth-order valence-corrected chi connectivity index (χ4v) is 4.57. The molecule has 9 heteroatoms. The van der Waals surface area contributed by atoms with E-state index in [1.807, 2.05) is 6.07 Å². The summed E-state index contributed by atoms with van der Waals surface area (Å²) >= 11 is 1.36. The molecule has 0 saturated carbocycles. The van der Waals surface area contributed by atoms with Crippen LogP contribution in [0.15, 0.2) is 59.7 Å². The summed E-state index contributed by atoms with van der Waals surface area (Å²) in [6.07, 6.45) is -0.0411. The maximum absolute atomic E-state index is 14.0. The molecule has 34 heavy (non-hydrogen) atoms. The van der Waals surface area contributed by atoms with Crippen LogP contribution in [0.5, 0.6) is 0 Å². The van der Waals surface area contributed by atoms with Gasteiger partial charge < -0.3 is 10.2 Å². The van der Waals surface area contributed by atoms with Crippen LogP contribution >= 0.6 is 11.3 Å². The van der Waals surface area contributed by atoms with Gasteiger partial charge in [-0.05, 0) is 37.5 Å². The molecule has 1 unspecified atom stereocenters. The van der Waals surface area contributed by atoms with Crippen molar-refractivity contribution in [2.24, 2.45) is 4.99 Å². The van der Waals surface area contributed by atoms with Gasteiger partial charge in [0.1, 0.15) is 16.7 Å². The molecule has 1 atom stereocenters. The minimum atomic E-state index is -4.68. The molecule has 1 aliphatic rings. The van der Waals surface area contributed by atoms with Crippen molar-refractivity contribution < 1.29 is 18.0 Å². The highest BCUT2D eigenvalue weighted by molar-refractivity contribution is 7.12. The number of carbonyl (C=O) groups excluding carboxylic acids is 1. The molecule has 1 amide bonds. The molecule has 0 spiro atoms. The van der Waals surface area contributed by atoms with Crippen molar-refractivity contribution in [2.45, 2.75) is 39.0 Å². The van der Waals surface area contributed by atoms with E-state index in [0.29, 0.717) is 36.5 Å². The van der Waals surface area contributed by atoms with Gasteiger partial charge in [-0.25, -0.2) is 0 Å². The van der Waals surface area contributed by atoms with Gasteiger partial charge in [0.05, 0.1) is 12.6 Å². The molecule has 0 bridgehead atoms. The summed E-state index contributed by atoms with van der Waals surface area (Å²) in [6.45, 7) is 4.65. The monoisotopic (exact) mass is 486 g/mol. The summed E-state index contributed by atoms with van der Waals surface area (Å²) in [5.41, 5.74) is 0.400. The van der Waals surface area contributed by atoms with Crippen molar-refractivity contribution in [3.63, 3.8) is 0 Å². The third-order valence-corrected chi connectivity index (χ3v) is 6.28. The number of allylic oxidation sites excluding steroid dienone is 1. The smallest absolute Gasteiger partial charge is 0.391 e. The van der Waals surface area contributed by atoms with Crippen LogP contribution in [0.2, 0.25) is 0 Å². The van der Waals surface area contributed by atoms with E-state index in [0.717, 1.165) is 10.4 Å². The largest absolute Gasteiger partial charge is 0.433 e. The molecule has 1 N–H and O–H groups in total. The minimum Gasteiger partial charge on any atom is -0.391 e. The average Bonchev–Trinajstić information content (AvgIpc) is 3.24. The molecule has 3 rings (SSSR count). The lowest BCUT2D eigenvalue weighted by atomic mass is 10.0. The Morgan fingerprint density at radius 1 is 1.35 bits per heavy atom. The first-order valence-corrected chi connectivity index (χ1v) is 11.7. The van der Waals surface area contributed by atoms with Gasteiger partial charge in [0.2, 0.25) is 5.91 Å². The van der Waals surface area contributed by atoms with Crippen molar-refractivity contribution in [1.29, 1.82) is 5.26 Å². The van der Waals surface area contributed by atoms with Gasteiger partial charge in [0.15, 0.2) is 0 Å². The van der Waals surface area contributed by atoms with Crippen molar-refractivity contribution in [1.82, 2.24) is 10.2 Å². The van der Waals surface area contributed by atoms with Gasteiger partial charge in [-0.3, -0.25) is 9.79 Å². The van der Waals surface area contributed by atoms with Crippen LogP contribution < -0.4 is 5.32 Å². The molecule has 0 aliphatic carbocycles. The zero-order valence-corrected chi connectivity index (χ0v) is 19.7. The Morgan fingerprint density at radius 2 is 2.09 bits per heavy atom. The second kappa shape index (κ2) is 11.2. The molecule has 0 fully saturated rings. The number of thiophene rings is 1. The molecule has 5 nitrogen and oxygen atoms in total. The summed E-state index contributed by atoms with van der Waals surface area (Å²) in [7, 11) is 0. The normalized spacial score (nSPS) is 15.7. The van der Waals surface area contributed by atoms with Gasteiger partial charge in [-0.2, -0.15) is 18.4 Å². The average molecular weight is 487 g/mol. The maximum Gasteiger partial charge on any atom is 0.433 e. The quantitative estimate of drug-likeness (QED) is 0.437. The molecule has 1 aromatic carbocycles. The van der Waals surface area contributed by atoms with E-state index in [1.165, 1.54) is 36.6 Å². The Morgan fingerprint density at radius 3 is 2.74 bits per heavy atom. The van der Waals surface area contributed by atoms with Gasteiger partial charge in [-0.1, -0.05) is 36.4 Å². The third kappa shape index (κ3) is 6.35. The number of halogens is 3. The Bertz CT molecular complexity index is 1140. The Balaban J connectivity index is 1.80. The maximum atomic E-state index is 14.0. The Kier molecular flexibility index (Phi) is 8.29. The lowest BCUT2D eigenvalue weighted by molar-refractivity contribution is -0.126. The molecule has 2 heterocycles. The van der Waals surface area contributed by atoms with E-state index in [9.17, 15) is 18.0 Å². The number of amides is 1. The number of fused-ring (bicyclic) bond motifs is 1. The zero-order chi connectivity index (χ0) is 24.7. The molecule has 1 aromatic heterocycles. The highest BCUT2D eigenvalue weighted by Gasteiger charge is 2.38. The minimum absolute atomic E-state index is 0.0592. The molecule has 2 aromatic rings. The van der Waals surface area contributed by atoms with Crippen LogP contribution in [-0.4, -0.2) is 41.8 Å². The van der Waals surface area contributed by atoms with E-state index < -0.39 is 17.9 Å². The Hall–Kier alpha value is -3.38. The van der Waals surface area contributed by atoms with Crippen LogP contribution in [0.4, 0.5) is 13.2 Å². The number of nitriles is 1. The number of hydrogen-bond donors (Lipinski definition) is 1. The third-order valence-electron chi connectivity index (χ3n) is 5.21. The Labute approximate surface area is 200 Å². The zero-order valence-electron chi connectivity index (χ0n) is 18.9. The van der Waals surface area contributed by atoms with Crippen molar-refractivity contribution in [3.8, 4) is 6.07 Å². The summed E-state index contributed by atoms with van der Waals surface area (Å²) in [5, 5.41) is 11.9. The van der Waals surface area contributed by atoms with Crippen molar-refractivity contribution in [3.05, 3.63) is 75.6 Å². The van der Waals surface area contributed by atoms with Crippen LogP contribution in [-0.2, 0) is 17.8 Å². The van der Waals surface area contributed by atoms with E-state index in [-0.39, 0.29) is 11.5 Å². The standard InChI is InChI=1S/C25H25F3N4OS/c1-3-30-15-21(18-7-5-4-6-8-18)24(25(26,27)28)31-17(2)9-10-23(33)32-12-11-19-13-20(14-29)34-22(19)16-32/h4-10,13,15,17,30H,3,11-12,16H2,1-2H3/b10-9+,21-15-,31-24+. The fourth-order valence-electron chi connectivity index (χ4n) is 3.54. The van der Waals surface area contributed by atoms with E-state index >= 15 is 0 Å². The second-order valence-corrected chi connectivity index (χ2v) is 8.87. The molecule has 0 radical (unpaired) electrons. The van der Waals surface area contributed by atoms with Gasteiger partial charge in [0.25, 0.3) is 0 Å².